The predicted molar refractivity (Wildman–Crippen MR) is 118 cm³/mol. The van der Waals surface area contributed by atoms with Crippen molar-refractivity contribution in [3.05, 3.63) is 48.0 Å². The first kappa shape index (κ1) is 21.5. The molecule has 0 unspecified atom stereocenters. The van der Waals surface area contributed by atoms with Crippen LogP contribution in [-0.2, 0) is 10.0 Å². The molecular weight excluding hydrogens is 432 g/mol. The molecule has 0 spiro atoms. The summed E-state index contributed by atoms with van der Waals surface area (Å²) < 4.78 is 39.0. The number of hydrogen-bond acceptors (Lipinski definition) is 8. The highest BCUT2D eigenvalue weighted by molar-refractivity contribution is 8.39. The molecule has 0 saturated heterocycles. The van der Waals surface area contributed by atoms with Crippen molar-refractivity contribution >= 4 is 49.4 Å². The molecule has 1 aliphatic rings. The summed E-state index contributed by atoms with van der Waals surface area (Å²) in [6.45, 7) is 0.802. The summed E-state index contributed by atoms with van der Waals surface area (Å²) >= 11 is 3.09. The molecule has 1 N–H and O–H groups in total. The number of nitrogens with zero attached hydrogens (tertiary/aromatic N) is 1. The first-order valence-corrected chi connectivity index (χ1v) is 12.1. The van der Waals surface area contributed by atoms with E-state index < -0.39 is 10.0 Å². The van der Waals surface area contributed by atoms with Gasteiger partial charge in [0.05, 0.1) is 31.4 Å². The Morgan fingerprint density at radius 3 is 2.48 bits per heavy atom. The number of ether oxygens (including phenoxy) is 2. The molecule has 1 heterocycles. The standard InChI is InChI=1S/C19H20N2O5S3/c1-25-17-8-7-15(11-18(17)26-2)29(23,24)21-14-5-3-13(4-6-14)16(22)12-28-19-20-9-10-27-19/h3-8,11,21H,9-10,12H2,1-2H3. The van der Waals surface area contributed by atoms with Crippen LogP contribution >= 0.6 is 23.5 Å². The van der Waals surface area contributed by atoms with Crippen LogP contribution in [0.15, 0.2) is 52.4 Å². The Kier molecular flexibility index (Phi) is 7.09. The summed E-state index contributed by atoms with van der Waals surface area (Å²) in [5.74, 6) is 2.00. The lowest BCUT2D eigenvalue weighted by Gasteiger charge is -2.12. The van der Waals surface area contributed by atoms with E-state index in [9.17, 15) is 13.2 Å². The molecule has 10 heteroatoms. The second kappa shape index (κ2) is 9.55. The third kappa shape index (κ3) is 5.46. The molecule has 154 valence electrons. The van der Waals surface area contributed by atoms with E-state index in [1.807, 2.05) is 0 Å². The predicted octanol–water partition coefficient (Wildman–Crippen LogP) is 3.52. The number of rotatable bonds is 8. The third-order valence-corrected chi connectivity index (χ3v) is 7.64. The largest absolute Gasteiger partial charge is 0.493 e. The zero-order valence-electron chi connectivity index (χ0n) is 15.9. The van der Waals surface area contributed by atoms with Crippen LogP contribution in [0.5, 0.6) is 11.5 Å². The van der Waals surface area contributed by atoms with Crippen LogP contribution in [0.25, 0.3) is 0 Å². The van der Waals surface area contributed by atoms with Crippen molar-refractivity contribution in [2.45, 2.75) is 4.90 Å². The number of carbonyl (C=O) groups is 1. The molecule has 0 atom stereocenters. The zero-order valence-corrected chi connectivity index (χ0v) is 18.3. The highest BCUT2D eigenvalue weighted by atomic mass is 32.2. The fourth-order valence-corrected chi connectivity index (χ4v) is 5.51. The van der Waals surface area contributed by atoms with Gasteiger partial charge in [-0.1, -0.05) is 23.5 Å². The highest BCUT2D eigenvalue weighted by Gasteiger charge is 2.18. The molecule has 0 aliphatic carbocycles. The van der Waals surface area contributed by atoms with Gasteiger partial charge in [-0.3, -0.25) is 14.5 Å². The Balaban J connectivity index is 1.67. The van der Waals surface area contributed by atoms with Crippen LogP contribution in [0.1, 0.15) is 10.4 Å². The number of anilines is 1. The van der Waals surface area contributed by atoms with Crippen molar-refractivity contribution < 1.29 is 22.7 Å². The normalized spacial score (nSPS) is 13.7. The smallest absolute Gasteiger partial charge is 0.262 e. The van der Waals surface area contributed by atoms with Gasteiger partial charge in [0.15, 0.2) is 17.3 Å². The number of methoxy groups -OCH3 is 2. The number of Topliss-reactive ketones (excluding diaryl/α,β-unsaturated/α-hetero) is 1. The van der Waals surface area contributed by atoms with Crippen LogP contribution in [0.4, 0.5) is 5.69 Å². The van der Waals surface area contributed by atoms with Gasteiger partial charge >= 0.3 is 0 Å². The van der Waals surface area contributed by atoms with Crippen LogP contribution < -0.4 is 14.2 Å². The number of carbonyl (C=O) groups excluding carboxylic acids is 1. The van der Waals surface area contributed by atoms with Crippen molar-refractivity contribution in [1.29, 1.82) is 0 Å². The number of sulfonamides is 1. The van der Waals surface area contributed by atoms with Gasteiger partial charge in [-0.2, -0.15) is 0 Å². The first-order valence-electron chi connectivity index (χ1n) is 8.61. The highest BCUT2D eigenvalue weighted by Crippen LogP contribution is 2.30. The molecule has 0 bridgehead atoms. The van der Waals surface area contributed by atoms with Crippen molar-refractivity contribution in [3.63, 3.8) is 0 Å². The number of ketones is 1. The average Bonchev–Trinajstić information content (AvgIpc) is 3.25. The van der Waals surface area contributed by atoms with E-state index in [1.54, 1.807) is 36.0 Å². The number of thioether (sulfide) groups is 2. The fraction of sp³-hybridized carbons (Fsp3) is 0.263. The lowest BCUT2D eigenvalue weighted by molar-refractivity contribution is 0.102. The van der Waals surface area contributed by atoms with Crippen LogP contribution in [-0.4, -0.2) is 50.8 Å². The summed E-state index contributed by atoms with van der Waals surface area (Å²) in [5, 5.41) is 0. The van der Waals surface area contributed by atoms with Gasteiger partial charge in [-0.05, 0) is 36.4 Å². The Hall–Kier alpha value is -2.17. The minimum Gasteiger partial charge on any atom is -0.493 e. The summed E-state index contributed by atoms with van der Waals surface area (Å²) in [6.07, 6.45) is 0. The Morgan fingerprint density at radius 2 is 1.86 bits per heavy atom. The summed E-state index contributed by atoms with van der Waals surface area (Å²) in [4.78, 5) is 16.6. The number of nitrogens with one attached hydrogen (secondary N) is 1. The summed E-state index contributed by atoms with van der Waals surface area (Å²) in [6, 6.07) is 10.7. The fourth-order valence-electron chi connectivity index (χ4n) is 2.54. The van der Waals surface area contributed by atoms with E-state index >= 15 is 0 Å². The van der Waals surface area contributed by atoms with E-state index in [4.69, 9.17) is 9.47 Å². The molecule has 0 saturated carbocycles. The molecule has 0 radical (unpaired) electrons. The van der Waals surface area contributed by atoms with Crippen molar-refractivity contribution in [2.24, 2.45) is 4.99 Å². The first-order chi connectivity index (χ1) is 13.9. The lowest BCUT2D eigenvalue weighted by atomic mass is 10.1. The van der Waals surface area contributed by atoms with E-state index in [0.717, 1.165) is 16.7 Å². The number of hydrogen-bond donors (Lipinski definition) is 1. The van der Waals surface area contributed by atoms with E-state index in [-0.39, 0.29) is 10.7 Å². The maximum absolute atomic E-state index is 12.6. The minimum atomic E-state index is -3.82. The topological polar surface area (TPSA) is 94.1 Å². The number of benzene rings is 2. The average molecular weight is 453 g/mol. The molecular formula is C19H20N2O5S3. The maximum atomic E-state index is 12.6. The second-order valence-electron chi connectivity index (χ2n) is 5.91. The molecule has 1 aliphatic heterocycles. The van der Waals surface area contributed by atoms with Crippen LogP contribution in [0.2, 0.25) is 0 Å². The summed E-state index contributed by atoms with van der Waals surface area (Å²) in [7, 11) is -0.902. The second-order valence-corrected chi connectivity index (χ2v) is 9.90. The summed E-state index contributed by atoms with van der Waals surface area (Å²) in [5.41, 5.74) is 0.884. The van der Waals surface area contributed by atoms with E-state index in [2.05, 4.69) is 9.71 Å². The molecule has 0 aromatic heterocycles. The molecule has 0 fully saturated rings. The molecule has 3 rings (SSSR count). The molecule has 2 aromatic carbocycles. The van der Waals surface area contributed by atoms with E-state index in [1.165, 1.54) is 44.2 Å². The zero-order chi connectivity index (χ0) is 20.9. The minimum absolute atomic E-state index is 0.0282. The Morgan fingerprint density at radius 1 is 1.14 bits per heavy atom. The molecule has 2 aromatic rings. The third-order valence-electron chi connectivity index (χ3n) is 4.01. The Bertz CT molecular complexity index is 1020. The van der Waals surface area contributed by atoms with Gasteiger partial charge in [0.1, 0.15) is 4.38 Å². The molecule has 0 amide bonds. The Labute approximate surface area is 178 Å². The van der Waals surface area contributed by atoms with Gasteiger partial charge in [0.2, 0.25) is 0 Å². The van der Waals surface area contributed by atoms with Gasteiger partial charge in [0.25, 0.3) is 10.0 Å². The van der Waals surface area contributed by atoms with Gasteiger partial charge < -0.3 is 9.47 Å². The van der Waals surface area contributed by atoms with E-state index in [0.29, 0.717) is 28.5 Å². The van der Waals surface area contributed by atoms with Gasteiger partial charge in [-0.25, -0.2) is 8.42 Å². The van der Waals surface area contributed by atoms with Crippen molar-refractivity contribution in [1.82, 2.24) is 0 Å². The van der Waals surface area contributed by atoms with Crippen LogP contribution in [0, 0.1) is 0 Å². The van der Waals surface area contributed by atoms with Crippen molar-refractivity contribution in [2.75, 3.05) is 37.0 Å². The van der Waals surface area contributed by atoms with Gasteiger partial charge in [0, 0.05) is 23.1 Å². The monoisotopic (exact) mass is 452 g/mol. The SMILES string of the molecule is COc1ccc(S(=O)(=O)Nc2ccc(C(=O)CSC3=NCCS3)cc2)cc1OC. The molecule has 29 heavy (non-hydrogen) atoms. The van der Waals surface area contributed by atoms with Crippen LogP contribution in [0.3, 0.4) is 0 Å². The quantitative estimate of drug-likeness (QED) is 0.613. The lowest BCUT2D eigenvalue weighted by Crippen LogP contribution is -2.13. The maximum Gasteiger partial charge on any atom is 0.262 e. The molecule has 7 nitrogen and oxygen atoms in total. The number of aliphatic imine (C=N–C) groups is 1. The van der Waals surface area contributed by atoms with Gasteiger partial charge in [-0.15, -0.1) is 0 Å². The van der Waals surface area contributed by atoms with Crippen molar-refractivity contribution in [3.8, 4) is 11.5 Å².